The van der Waals surface area contributed by atoms with E-state index in [0.29, 0.717) is 0 Å². The van der Waals surface area contributed by atoms with Crippen LogP contribution in [0.3, 0.4) is 0 Å². The van der Waals surface area contributed by atoms with Crippen LogP contribution in [0.2, 0.25) is 0 Å². The third-order valence-corrected chi connectivity index (χ3v) is 4.89. The number of para-hydroxylation sites is 4. The van der Waals surface area contributed by atoms with Gasteiger partial charge in [0.2, 0.25) is 0 Å². The zero-order valence-electron chi connectivity index (χ0n) is 16.5. The van der Waals surface area contributed by atoms with E-state index in [4.69, 9.17) is 9.47 Å². The van der Waals surface area contributed by atoms with Crippen molar-refractivity contribution < 1.29 is 9.47 Å². The van der Waals surface area contributed by atoms with E-state index in [1.54, 1.807) is 0 Å². The van der Waals surface area contributed by atoms with Crippen molar-refractivity contribution >= 4 is 0 Å². The van der Waals surface area contributed by atoms with Crippen LogP contribution in [0.4, 0.5) is 0 Å². The summed E-state index contributed by atoms with van der Waals surface area (Å²) >= 11 is 0. The second-order valence-electron chi connectivity index (χ2n) is 7.08. The van der Waals surface area contributed by atoms with Crippen LogP contribution in [0, 0.1) is 0 Å². The van der Waals surface area contributed by atoms with Crippen LogP contribution in [0.5, 0.6) is 23.0 Å². The van der Waals surface area contributed by atoms with Crippen LogP contribution in [0.25, 0.3) is 0 Å². The third kappa shape index (κ3) is 4.85. The highest BCUT2D eigenvalue weighted by Gasteiger charge is 2.15. The third-order valence-electron chi connectivity index (χ3n) is 4.89. The van der Waals surface area contributed by atoms with Gasteiger partial charge in [0, 0.05) is 0 Å². The summed E-state index contributed by atoms with van der Waals surface area (Å²) in [5, 5.41) is 0. The monoisotopic (exact) mass is 380 g/mol. The molecule has 0 aromatic heterocycles. The van der Waals surface area contributed by atoms with Crippen LogP contribution >= 0.6 is 0 Å². The summed E-state index contributed by atoms with van der Waals surface area (Å²) in [7, 11) is 0. The van der Waals surface area contributed by atoms with Gasteiger partial charge in [0.25, 0.3) is 0 Å². The van der Waals surface area contributed by atoms with Crippen molar-refractivity contribution in [3.8, 4) is 23.0 Å². The number of rotatable bonds is 7. The van der Waals surface area contributed by atoms with E-state index in [1.807, 2.05) is 84.9 Å². The average Bonchev–Trinajstić information content (AvgIpc) is 2.77. The van der Waals surface area contributed by atoms with Crippen molar-refractivity contribution in [3.05, 3.63) is 120 Å². The molecule has 1 unspecified atom stereocenters. The minimum absolute atomic E-state index is 0.274. The highest BCUT2D eigenvalue weighted by molar-refractivity contribution is 5.43. The molecule has 0 amide bonds. The number of hydrogen-bond donors (Lipinski definition) is 0. The largest absolute Gasteiger partial charge is 0.457 e. The van der Waals surface area contributed by atoms with Gasteiger partial charge in [-0.15, -0.1) is 0 Å². The lowest BCUT2D eigenvalue weighted by Crippen LogP contribution is -2.02. The highest BCUT2D eigenvalue weighted by atomic mass is 16.5. The molecule has 0 spiro atoms. The molecule has 2 nitrogen and oxygen atoms in total. The van der Waals surface area contributed by atoms with Crippen LogP contribution in [-0.2, 0) is 6.42 Å². The smallest absolute Gasteiger partial charge is 0.130 e. The molecule has 29 heavy (non-hydrogen) atoms. The fourth-order valence-electron chi connectivity index (χ4n) is 3.42. The van der Waals surface area contributed by atoms with E-state index in [1.165, 1.54) is 11.1 Å². The Bertz CT molecular complexity index is 1040. The lowest BCUT2D eigenvalue weighted by molar-refractivity contribution is 0.465. The molecule has 0 bridgehead atoms. The van der Waals surface area contributed by atoms with Crippen LogP contribution in [-0.4, -0.2) is 0 Å². The van der Waals surface area contributed by atoms with E-state index in [-0.39, 0.29) is 5.92 Å². The maximum atomic E-state index is 6.16. The topological polar surface area (TPSA) is 18.5 Å². The van der Waals surface area contributed by atoms with Gasteiger partial charge in [-0.05, 0) is 59.9 Å². The molecule has 0 saturated heterocycles. The van der Waals surface area contributed by atoms with Crippen molar-refractivity contribution in [3.63, 3.8) is 0 Å². The normalized spacial score (nSPS) is 11.6. The van der Waals surface area contributed by atoms with Crippen molar-refractivity contribution in [1.29, 1.82) is 0 Å². The van der Waals surface area contributed by atoms with Gasteiger partial charge in [0.15, 0.2) is 0 Å². The molecule has 1 atom stereocenters. The quantitative estimate of drug-likeness (QED) is 0.328. The minimum Gasteiger partial charge on any atom is -0.457 e. The second kappa shape index (κ2) is 9.11. The van der Waals surface area contributed by atoms with Crippen molar-refractivity contribution in [1.82, 2.24) is 0 Å². The summed E-state index contributed by atoms with van der Waals surface area (Å²) in [4.78, 5) is 0. The first-order valence-corrected chi connectivity index (χ1v) is 9.92. The van der Waals surface area contributed by atoms with Crippen LogP contribution in [0.1, 0.15) is 24.0 Å². The summed E-state index contributed by atoms with van der Waals surface area (Å²) < 4.78 is 12.3. The molecule has 0 aliphatic heterocycles. The number of hydrogen-bond acceptors (Lipinski definition) is 2. The molecule has 2 heteroatoms. The molecule has 0 saturated carbocycles. The number of benzene rings is 4. The molecule has 144 valence electrons. The SMILES string of the molecule is CC(Cc1ccccc1Oc1ccccc1)c1ccccc1Oc1ccccc1. The van der Waals surface area contributed by atoms with Crippen molar-refractivity contribution in [2.75, 3.05) is 0 Å². The predicted octanol–water partition coefficient (Wildman–Crippen LogP) is 7.62. The van der Waals surface area contributed by atoms with Gasteiger partial charge in [-0.3, -0.25) is 0 Å². The summed E-state index contributed by atoms with van der Waals surface area (Å²) in [5.74, 6) is 3.76. The lowest BCUT2D eigenvalue weighted by Gasteiger charge is -2.18. The van der Waals surface area contributed by atoms with Gasteiger partial charge in [-0.1, -0.05) is 79.7 Å². The van der Waals surface area contributed by atoms with E-state index in [9.17, 15) is 0 Å². The van der Waals surface area contributed by atoms with Crippen LogP contribution < -0.4 is 9.47 Å². The average molecular weight is 380 g/mol. The minimum atomic E-state index is 0.274. The Kier molecular flexibility index (Phi) is 5.92. The van der Waals surface area contributed by atoms with Gasteiger partial charge in [0.05, 0.1) is 0 Å². The molecule has 4 rings (SSSR count). The second-order valence-corrected chi connectivity index (χ2v) is 7.08. The highest BCUT2D eigenvalue weighted by Crippen LogP contribution is 2.35. The molecule has 0 heterocycles. The molecule has 4 aromatic rings. The van der Waals surface area contributed by atoms with Crippen molar-refractivity contribution in [2.45, 2.75) is 19.3 Å². The van der Waals surface area contributed by atoms with Gasteiger partial charge in [-0.25, -0.2) is 0 Å². The standard InChI is InChI=1S/C27H24O2/c1-21(25-17-9-11-19-27(25)29-24-15-6-3-7-16-24)20-22-12-8-10-18-26(22)28-23-13-4-2-5-14-23/h2-19,21H,20H2,1H3. The first kappa shape index (κ1) is 18.8. The summed E-state index contributed by atoms with van der Waals surface area (Å²) in [6.45, 7) is 2.23. The Morgan fingerprint density at radius 3 is 1.69 bits per heavy atom. The molecular weight excluding hydrogens is 356 g/mol. The van der Waals surface area contributed by atoms with E-state index >= 15 is 0 Å². The van der Waals surface area contributed by atoms with Gasteiger partial charge >= 0.3 is 0 Å². The van der Waals surface area contributed by atoms with Gasteiger partial charge < -0.3 is 9.47 Å². The maximum absolute atomic E-state index is 6.16. The molecule has 0 N–H and O–H groups in total. The molecule has 0 fully saturated rings. The molecular formula is C27H24O2. The Labute approximate surface area is 172 Å². The molecule has 0 aliphatic carbocycles. The van der Waals surface area contributed by atoms with Crippen LogP contribution in [0.15, 0.2) is 109 Å². The van der Waals surface area contributed by atoms with Crippen molar-refractivity contribution in [2.24, 2.45) is 0 Å². The Morgan fingerprint density at radius 1 is 0.552 bits per heavy atom. The predicted molar refractivity (Wildman–Crippen MR) is 118 cm³/mol. The maximum Gasteiger partial charge on any atom is 0.130 e. The molecule has 4 aromatic carbocycles. The zero-order valence-corrected chi connectivity index (χ0v) is 16.5. The zero-order chi connectivity index (χ0) is 19.9. The number of ether oxygens (including phenoxy) is 2. The van der Waals surface area contributed by atoms with E-state index < -0.39 is 0 Å². The molecule has 0 aliphatic rings. The van der Waals surface area contributed by atoms with Gasteiger partial charge in [-0.2, -0.15) is 0 Å². The van der Waals surface area contributed by atoms with E-state index in [2.05, 4.69) is 31.2 Å². The lowest BCUT2D eigenvalue weighted by atomic mass is 9.92. The summed E-state index contributed by atoms with van der Waals surface area (Å²) in [6, 6.07) is 36.3. The van der Waals surface area contributed by atoms with Gasteiger partial charge in [0.1, 0.15) is 23.0 Å². The fourth-order valence-corrected chi connectivity index (χ4v) is 3.42. The summed E-state index contributed by atoms with van der Waals surface area (Å²) in [5.41, 5.74) is 2.37. The first-order valence-electron chi connectivity index (χ1n) is 9.92. The Balaban J connectivity index is 1.55. The Morgan fingerprint density at radius 2 is 1.03 bits per heavy atom. The van der Waals surface area contributed by atoms with E-state index in [0.717, 1.165) is 29.4 Å². The molecule has 0 radical (unpaired) electrons. The fraction of sp³-hybridized carbons (Fsp3) is 0.111. The Hall–Kier alpha value is -3.52. The summed E-state index contributed by atoms with van der Waals surface area (Å²) in [6.07, 6.45) is 0.859. The first-order chi connectivity index (χ1) is 14.3.